The summed E-state index contributed by atoms with van der Waals surface area (Å²) in [5.41, 5.74) is 2.62. The van der Waals surface area contributed by atoms with Crippen molar-refractivity contribution in [1.29, 1.82) is 0 Å². The average molecular weight is 319 g/mol. The number of carbonyl (C=O) groups excluding carboxylic acids is 2. The summed E-state index contributed by atoms with van der Waals surface area (Å²) in [7, 11) is 1.62. The summed E-state index contributed by atoms with van der Waals surface area (Å²) >= 11 is 0. The highest BCUT2D eigenvalue weighted by Crippen LogP contribution is 2.27. The topological polar surface area (TPSA) is 61.4 Å². The van der Waals surface area contributed by atoms with Crippen LogP contribution < -0.4 is 10.6 Å². The summed E-state index contributed by atoms with van der Waals surface area (Å²) in [5, 5.41) is 5.78. The summed E-state index contributed by atoms with van der Waals surface area (Å²) in [6, 6.07) is 5.68. The smallest absolute Gasteiger partial charge is 0.322 e. The Morgan fingerprint density at radius 1 is 1.22 bits per heavy atom. The van der Waals surface area contributed by atoms with Gasteiger partial charge in [0.2, 0.25) is 5.91 Å². The van der Waals surface area contributed by atoms with Gasteiger partial charge in [-0.3, -0.25) is 4.79 Å². The Hall–Kier alpha value is -2.04. The van der Waals surface area contributed by atoms with E-state index in [1.54, 1.807) is 7.05 Å². The Morgan fingerprint density at radius 2 is 1.83 bits per heavy atom. The Labute approximate surface area is 139 Å². The minimum Gasteiger partial charge on any atom is -0.350 e. The molecule has 0 aliphatic heterocycles. The maximum atomic E-state index is 12.4. The normalized spacial score (nSPS) is 11.3. The molecule has 0 atom stereocenters. The van der Waals surface area contributed by atoms with Crippen molar-refractivity contribution in [2.24, 2.45) is 0 Å². The number of nitrogens with one attached hydrogen (secondary N) is 2. The van der Waals surface area contributed by atoms with E-state index in [0.717, 1.165) is 16.8 Å². The molecule has 5 heteroatoms. The van der Waals surface area contributed by atoms with Crippen LogP contribution in [0.15, 0.2) is 18.2 Å². The summed E-state index contributed by atoms with van der Waals surface area (Å²) in [4.78, 5) is 25.7. The molecule has 0 radical (unpaired) electrons. The van der Waals surface area contributed by atoms with Crippen molar-refractivity contribution in [2.75, 3.05) is 18.9 Å². The van der Waals surface area contributed by atoms with Gasteiger partial charge < -0.3 is 15.5 Å². The second-order valence-electron chi connectivity index (χ2n) is 7.28. The molecule has 0 bridgehead atoms. The Morgan fingerprint density at radius 3 is 2.35 bits per heavy atom. The lowest BCUT2D eigenvalue weighted by Gasteiger charge is -2.24. The van der Waals surface area contributed by atoms with Gasteiger partial charge in [0.25, 0.3) is 0 Å². The molecule has 0 aliphatic carbocycles. The molecule has 0 spiro atoms. The highest BCUT2D eigenvalue weighted by Gasteiger charge is 2.19. The third-order valence-corrected chi connectivity index (χ3v) is 3.40. The fourth-order valence-corrected chi connectivity index (χ4v) is 2.29. The predicted molar refractivity (Wildman–Crippen MR) is 94.8 cm³/mol. The third-order valence-electron chi connectivity index (χ3n) is 3.40. The van der Waals surface area contributed by atoms with Gasteiger partial charge >= 0.3 is 6.03 Å². The van der Waals surface area contributed by atoms with Crippen molar-refractivity contribution in [3.8, 4) is 0 Å². The largest absolute Gasteiger partial charge is 0.350 e. The van der Waals surface area contributed by atoms with Crippen molar-refractivity contribution in [2.45, 2.75) is 53.0 Å². The summed E-state index contributed by atoms with van der Waals surface area (Å²) in [5.74, 6) is 0.128. The van der Waals surface area contributed by atoms with E-state index in [1.807, 2.05) is 45.9 Å². The molecule has 3 amide bonds. The molecule has 1 aromatic rings. The molecule has 0 unspecified atom stereocenters. The number of nitrogens with zero attached hydrogens (tertiary/aromatic N) is 1. The molecule has 0 saturated carbocycles. The zero-order valence-electron chi connectivity index (χ0n) is 15.3. The molecule has 0 heterocycles. The van der Waals surface area contributed by atoms with Gasteiger partial charge in [-0.2, -0.15) is 0 Å². The van der Waals surface area contributed by atoms with Crippen molar-refractivity contribution >= 4 is 17.6 Å². The zero-order chi connectivity index (χ0) is 17.8. The predicted octanol–water partition coefficient (Wildman–Crippen LogP) is 3.50. The fourth-order valence-electron chi connectivity index (χ4n) is 2.29. The van der Waals surface area contributed by atoms with Gasteiger partial charge in [0.15, 0.2) is 0 Å². The minimum absolute atomic E-state index is 0.0198. The average Bonchev–Trinajstić information content (AvgIpc) is 2.38. The van der Waals surface area contributed by atoms with Crippen LogP contribution >= 0.6 is 0 Å². The number of hydrogen-bond acceptors (Lipinski definition) is 2. The summed E-state index contributed by atoms with van der Waals surface area (Å²) < 4.78 is 0. The number of benzene rings is 1. The molecular weight excluding hydrogens is 290 g/mol. The Kier molecular flexibility index (Phi) is 6.19. The molecule has 1 aromatic carbocycles. The van der Waals surface area contributed by atoms with Crippen molar-refractivity contribution in [3.63, 3.8) is 0 Å². The van der Waals surface area contributed by atoms with Crippen LogP contribution in [0.4, 0.5) is 10.5 Å². The highest BCUT2D eigenvalue weighted by atomic mass is 16.2. The van der Waals surface area contributed by atoms with Crippen LogP contribution in [0.2, 0.25) is 0 Å². The lowest BCUT2D eigenvalue weighted by Crippen LogP contribution is -2.47. The van der Waals surface area contributed by atoms with E-state index in [4.69, 9.17) is 0 Å². The van der Waals surface area contributed by atoms with Gasteiger partial charge in [-0.05, 0) is 44.7 Å². The van der Waals surface area contributed by atoms with E-state index < -0.39 is 0 Å². The van der Waals surface area contributed by atoms with E-state index in [1.165, 1.54) is 4.90 Å². The van der Waals surface area contributed by atoms with Crippen LogP contribution in [0.5, 0.6) is 0 Å². The van der Waals surface area contributed by atoms with E-state index in [0.29, 0.717) is 5.92 Å². The first-order valence-corrected chi connectivity index (χ1v) is 7.94. The van der Waals surface area contributed by atoms with Gasteiger partial charge in [-0.1, -0.05) is 32.0 Å². The monoisotopic (exact) mass is 319 g/mol. The Bertz CT molecular complexity index is 574. The lowest BCUT2D eigenvalue weighted by atomic mass is 9.98. The van der Waals surface area contributed by atoms with Gasteiger partial charge in [-0.15, -0.1) is 0 Å². The Balaban J connectivity index is 2.79. The molecule has 1 rings (SSSR count). The fraction of sp³-hybridized carbons (Fsp3) is 0.556. The molecule has 0 aliphatic rings. The SMILES string of the molecule is Cc1cccc(C(C)C)c1NC(=O)N(C)CC(=O)NC(C)(C)C. The second-order valence-corrected chi connectivity index (χ2v) is 7.28. The number of aryl methyl sites for hydroxylation is 1. The first kappa shape index (κ1) is 19.0. The second kappa shape index (κ2) is 7.49. The van der Waals surface area contributed by atoms with Gasteiger partial charge in [-0.25, -0.2) is 4.79 Å². The van der Waals surface area contributed by atoms with Crippen molar-refractivity contribution in [1.82, 2.24) is 10.2 Å². The number of para-hydroxylation sites is 1. The molecule has 0 fully saturated rings. The van der Waals surface area contributed by atoms with E-state index in [2.05, 4.69) is 24.5 Å². The van der Waals surface area contributed by atoms with Crippen LogP contribution in [0.25, 0.3) is 0 Å². The van der Waals surface area contributed by atoms with E-state index in [-0.39, 0.29) is 24.0 Å². The molecule has 128 valence electrons. The van der Waals surface area contributed by atoms with E-state index in [9.17, 15) is 9.59 Å². The number of likely N-dealkylation sites (N-methyl/N-ethyl adjacent to an activating group) is 1. The number of anilines is 1. The first-order chi connectivity index (χ1) is 10.5. The minimum atomic E-state index is -0.310. The third kappa shape index (κ3) is 5.93. The number of hydrogen-bond donors (Lipinski definition) is 2. The van der Waals surface area contributed by atoms with Gasteiger partial charge in [0.1, 0.15) is 6.54 Å². The van der Waals surface area contributed by atoms with Crippen LogP contribution in [-0.4, -0.2) is 36.0 Å². The van der Waals surface area contributed by atoms with E-state index >= 15 is 0 Å². The molecule has 5 nitrogen and oxygen atoms in total. The quantitative estimate of drug-likeness (QED) is 0.892. The van der Waals surface area contributed by atoms with Crippen LogP contribution in [-0.2, 0) is 4.79 Å². The van der Waals surface area contributed by atoms with Crippen LogP contribution in [0, 0.1) is 6.92 Å². The molecule has 0 aromatic heterocycles. The summed E-state index contributed by atoms with van der Waals surface area (Å²) in [6.45, 7) is 11.9. The zero-order valence-corrected chi connectivity index (χ0v) is 15.3. The standard InChI is InChI=1S/C18H29N3O2/c1-12(2)14-10-8-9-13(3)16(14)19-17(23)21(7)11-15(22)20-18(4,5)6/h8-10,12H,11H2,1-7H3,(H,19,23)(H,20,22). The number of carbonyl (C=O) groups is 2. The van der Waals surface area contributed by atoms with Gasteiger partial charge in [0, 0.05) is 18.3 Å². The highest BCUT2D eigenvalue weighted by molar-refractivity contribution is 5.93. The maximum absolute atomic E-state index is 12.4. The molecule has 2 N–H and O–H groups in total. The molecule has 23 heavy (non-hydrogen) atoms. The first-order valence-electron chi connectivity index (χ1n) is 7.94. The number of urea groups is 1. The van der Waals surface area contributed by atoms with Crippen LogP contribution in [0.3, 0.4) is 0 Å². The van der Waals surface area contributed by atoms with Crippen molar-refractivity contribution in [3.05, 3.63) is 29.3 Å². The van der Waals surface area contributed by atoms with Crippen LogP contribution in [0.1, 0.15) is 51.7 Å². The van der Waals surface area contributed by atoms with Crippen molar-refractivity contribution < 1.29 is 9.59 Å². The molecular formula is C18H29N3O2. The summed E-state index contributed by atoms with van der Waals surface area (Å²) in [6.07, 6.45) is 0. The number of amides is 3. The molecule has 0 saturated heterocycles. The van der Waals surface area contributed by atoms with Gasteiger partial charge in [0.05, 0.1) is 0 Å². The maximum Gasteiger partial charge on any atom is 0.322 e. The lowest BCUT2D eigenvalue weighted by molar-refractivity contribution is -0.122. The number of rotatable bonds is 4.